The predicted molar refractivity (Wildman–Crippen MR) is 108 cm³/mol. The minimum Gasteiger partial charge on any atom is -0.497 e. The maximum atomic E-state index is 13.0. The number of carbonyl (C=O) groups excluding carboxylic acids is 1. The largest absolute Gasteiger partial charge is 0.497 e. The van der Waals surface area contributed by atoms with Crippen LogP contribution in [0, 0.1) is 6.92 Å². The lowest BCUT2D eigenvalue weighted by atomic mass is 10.0. The zero-order chi connectivity index (χ0) is 18.8. The summed E-state index contributed by atoms with van der Waals surface area (Å²) >= 11 is 1.62. The predicted octanol–water partition coefficient (Wildman–Crippen LogP) is 5.33. The van der Waals surface area contributed by atoms with Crippen molar-refractivity contribution in [1.82, 2.24) is 5.32 Å². The number of ether oxygens (including phenoxy) is 1. The number of carbonyl (C=O) groups is 1. The molecule has 0 radical (unpaired) electrons. The van der Waals surface area contributed by atoms with E-state index in [0.29, 0.717) is 11.3 Å². The molecule has 1 amide bonds. The number of rotatable bonds is 5. The summed E-state index contributed by atoms with van der Waals surface area (Å²) in [5.41, 5.74) is 2.51. The molecule has 136 valence electrons. The molecular formula is C22H19NO3S. The Morgan fingerprint density at radius 3 is 2.63 bits per heavy atom. The molecule has 2 heterocycles. The van der Waals surface area contributed by atoms with Gasteiger partial charge in [0, 0.05) is 15.8 Å². The molecule has 0 saturated heterocycles. The number of fused-ring (bicyclic) bond motifs is 1. The SMILES string of the molecule is COc1ccc2oc(C(=O)N[C@H](c3ccccc3)c3cccs3)c(C)c2c1. The number of nitrogens with one attached hydrogen (secondary N) is 1. The van der Waals surface area contributed by atoms with Crippen molar-refractivity contribution >= 4 is 28.2 Å². The third-order valence-electron chi connectivity index (χ3n) is 4.59. The van der Waals surface area contributed by atoms with Crippen LogP contribution in [-0.2, 0) is 0 Å². The molecule has 0 saturated carbocycles. The maximum absolute atomic E-state index is 13.0. The van der Waals surface area contributed by atoms with Gasteiger partial charge < -0.3 is 14.5 Å². The molecule has 4 rings (SSSR count). The standard InChI is InChI=1S/C22H19NO3S/c1-14-17-13-16(25-2)10-11-18(17)26-21(14)22(24)23-20(19-9-6-12-27-19)15-7-4-3-5-8-15/h3-13,20H,1-2H3,(H,23,24)/t20-/m1/s1. The first-order valence-corrected chi connectivity index (χ1v) is 9.51. The summed E-state index contributed by atoms with van der Waals surface area (Å²) in [5, 5.41) is 6.02. The number of methoxy groups -OCH3 is 1. The quantitative estimate of drug-likeness (QED) is 0.511. The van der Waals surface area contributed by atoms with Crippen LogP contribution in [0.3, 0.4) is 0 Å². The van der Waals surface area contributed by atoms with E-state index in [9.17, 15) is 4.79 Å². The Labute approximate surface area is 161 Å². The first kappa shape index (κ1) is 17.4. The first-order chi connectivity index (χ1) is 13.2. The van der Waals surface area contributed by atoms with Gasteiger partial charge in [-0.15, -0.1) is 11.3 Å². The van der Waals surface area contributed by atoms with E-state index < -0.39 is 0 Å². The van der Waals surface area contributed by atoms with Crippen LogP contribution in [-0.4, -0.2) is 13.0 Å². The Morgan fingerprint density at radius 1 is 1.11 bits per heavy atom. The van der Waals surface area contributed by atoms with Gasteiger partial charge in [-0.3, -0.25) is 4.79 Å². The van der Waals surface area contributed by atoms with Gasteiger partial charge >= 0.3 is 0 Å². The average Bonchev–Trinajstić information content (AvgIpc) is 3.35. The zero-order valence-electron chi connectivity index (χ0n) is 15.1. The number of thiophene rings is 1. The topological polar surface area (TPSA) is 51.5 Å². The minimum absolute atomic E-state index is 0.221. The minimum atomic E-state index is -0.232. The molecule has 0 aliphatic carbocycles. The monoisotopic (exact) mass is 377 g/mol. The Bertz CT molecular complexity index is 1070. The van der Waals surface area contributed by atoms with E-state index >= 15 is 0 Å². The fourth-order valence-electron chi connectivity index (χ4n) is 3.16. The molecular weight excluding hydrogens is 358 g/mol. The summed E-state index contributed by atoms with van der Waals surface area (Å²) < 4.78 is 11.1. The molecule has 4 nitrogen and oxygen atoms in total. The van der Waals surface area contributed by atoms with Crippen LogP contribution in [0.25, 0.3) is 11.0 Å². The van der Waals surface area contributed by atoms with E-state index in [1.54, 1.807) is 18.4 Å². The van der Waals surface area contributed by atoms with Crippen LogP contribution >= 0.6 is 11.3 Å². The first-order valence-electron chi connectivity index (χ1n) is 8.63. The molecule has 2 aromatic heterocycles. The van der Waals surface area contributed by atoms with Gasteiger partial charge in [0.05, 0.1) is 13.2 Å². The average molecular weight is 377 g/mol. The van der Waals surface area contributed by atoms with Crippen LogP contribution < -0.4 is 10.1 Å². The number of aryl methyl sites for hydroxylation is 1. The lowest BCUT2D eigenvalue weighted by molar-refractivity contribution is 0.0917. The summed E-state index contributed by atoms with van der Waals surface area (Å²) in [5.74, 6) is 0.833. The summed E-state index contributed by atoms with van der Waals surface area (Å²) in [6.45, 7) is 1.89. The Kier molecular flexibility index (Phi) is 4.69. The van der Waals surface area contributed by atoms with Gasteiger partial charge in [0.1, 0.15) is 11.3 Å². The van der Waals surface area contributed by atoms with Crippen molar-refractivity contribution in [2.24, 2.45) is 0 Å². The second kappa shape index (κ2) is 7.29. The molecule has 2 aromatic carbocycles. The van der Waals surface area contributed by atoms with Gasteiger partial charge in [-0.05, 0) is 42.1 Å². The van der Waals surface area contributed by atoms with Gasteiger partial charge in [-0.2, -0.15) is 0 Å². The molecule has 0 aliphatic heterocycles. The van der Waals surface area contributed by atoms with Crippen molar-refractivity contribution in [2.45, 2.75) is 13.0 Å². The van der Waals surface area contributed by atoms with E-state index in [-0.39, 0.29) is 11.9 Å². The fourth-order valence-corrected chi connectivity index (χ4v) is 3.96. The van der Waals surface area contributed by atoms with Crippen molar-refractivity contribution in [3.05, 3.63) is 87.8 Å². The van der Waals surface area contributed by atoms with Gasteiger partial charge in [0.2, 0.25) is 0 Å². The second-order valence-electron chi connectivity index (χ2n) is 6.25. The summed E-state index contributed by atoms with van der Waals surface area (Å²) in [6, 6.07) is 19.3. The van der Waals surface area contributed by atoms with Crippen LogP contribution in [0.15, 0.2) is 70.5 Å². The molecule has 5 heteroatoms. The molecule has 0 bridgehead atoms. The molecule has 0 aliphatic rings. The van der Waals surface area contributed by atoms with Crippen molar-refractivity contribution in [3.63, 3.8) is 0 Å². The molecule has 1 N–H and O–H groups in total. The Hall–Kier alpha value is -3.05. The Morgan fingerprint density at radius 2 is 1.93 bits per heavy atom. The van der Waals surface area contributed by atoms with E-state index in [4.69, 9.17) is 9.15 Å². The summed E-state index contributed by atoms with van der Waals surface area (Å²) in [6.07, 6.45) is 0. The normalized spacial score (nSPS) is 12.1. The fraction of sp³-hybridized carbons (Fsp3) is 0.136. The van der Waals surface area contributed by atoms with Gasteiger partial charge in [-0.25, -0.2) is 0 Å². The lowest BCUT2D eigenvalue weighted by Crippen LogP contribution is -2.28. The van der Waals surface area contributed by atoms with Crippen LogP contribution in [0.1, 0.15) is 32.6 Å². The molecule has 27 heavy (non-hydrogen) atoms. The highest BCUT2D eigenvalue weighted by Crippen LogP contribution is 2.30. The van der Waals surface area contributed by atoms with Crippen molar-refractivity contribution in [2.75, 3.05) is 7.11 Å². The van der Waals surface area contributed by atoms with E-state index in [1.165, 1.54) is 0 Å². The molecule has 0 fully saturated rings. The zero-order valence-corrected chi connectivity index (χ0v) is 15.9. The number of hydrogen-bond acceptors (Lipinski definition) is 4. The van der Waals surface area contributed by atoms with Crippen molar-refractivity contribution < 1.29 is 13.9 Å². The Balaban J connectivity index is 1.69. The number of hydrogen-bond donors (Lipinski definition) is 1. The van der Waals surface area contributed by atoms with Gasteiger partial charge in [-0.1, -0.05) is 36.4 Å². The van der Waals surface area contributed by atoms with Crippen LogP contribution in [0.2, 0.25) is 0 Å². The molecule has 4 aromatic rings. The number of furan rings is 1. The molecule has 0 unspecified atom stereocenters. The van der Waals surface area contributed by atoms with Gasteiger partial charge in [0.15, 0.2) is 5.76 Å². The summed E-state index contributed by atoms with van der Waals surface area (Å²) in [7, 11) is 1.62. The maximum Gasteiger partial charge on any atom is 0.288 e. The number of benzene rings is 2. The highest BCUT2D eigenvalue weighted by Gasteiger charge is 2.23. The van der Waals surface area contributed by atoms with E-state index in [1.807, 2.05) is 73.0 Å². The van der Waals surface area contributed by atoms with Gasteiger partial charge in [0.25, 0.3) is 5.91 Å². The molecule has 1 atom stereocenters. The number of amides is 1. The van der Waals surface area contributed by atoms with Crippen LogP contribution in [0.5, 0.6) is 5.75 Å². The summed E-state index contributed by atoms with van der Waals surface area (Å²) in [4.78, 5) is 14.1. The van der Waals surface area contributed by atoms with Crippen molar-refractivity contribution in [1.29, 1.82) is 0 Å². The smallest absolute Gasteiger partial charge is 0.288 e. The highest BCUT2D eigenvalue weighted by molar-refractivity contribution is 7.10. The highest BCUT2D eigenvalue weighted by atomic mass is 32.1. The van der Waals surface area contributed by atoms with E-state index in [0.717, 1.165) is 27.1 Å². The third kappa shape index (κ3) is 3.34. The third-order valence-corrected chi connectivity index (χ3v) is 5.52. The second-order valence-corrected chi connectivity index (χ2v) is 7.23. The van der Waals surface area contributed by atoms with Crippen molar-refractivity contribution in [3.8, 4) is 5.75 Å². The van der Waals surface area contributed by atoms with E-state index in [2.05, 4.69) is 5.32 Å². The van der Waals surface area contributed by atoms with Crippen LogP contribution in [0.4, 0.5) is 0 Å². The lowest BCUT2D eigenvalue weighted by Gasteiger charge is -2.17. The molecule has 0 spiro atoms.